The third-order valence-electron chi connectivity index (χ3n) is 2.31. The van der Waals surface area contributed by atoms with Crippen molar-refractivity contribution in [3.05, 3.63) is 0 Å². The summed E-state index contributed by atoms with van der Waals surface area (Å²) in [7, 11) is 0. The molecule has 2 N–H and O–H groups in total. The van der Waals surface area contributed by atoms with E-state index in [1.54, 1.807) is 0 Å². The lowest BCUT2D eigenvalue weighted by atomic mass is 10.3. The standard InChI is InChI=1S/C10H17NO4S/c1-7(10(13)14)11-9(12)6-16-5-8-3-2-4-15-8/h7-8H,2-6H2,1H3,(H,11,12)(H,13,14)/t7-,8?/m0/s1. The molecule has 1 amide bonds. The summed E-state index contributed by atoms with van der Waals surface area (Å²) in [5, 5.41) is 11.0. The monoisotopic (exact) mass is 247 g/mol. The SMILES string of the molecule is C[C@H](NC(=O)CSCC1CCCO1)C(=O)O. The highest BCUT2D eigenvalue weighted by molar-refractivity contribution is 7.99. The van der Waals surface area contributed by atoms with Gasteiger partial charge in [-0.2, -0.15) is 0 Å². The Morgan fingerprint density at radius 2 is 2.38 bits per heavy atom. The lowest BCUT2D eigenvalue weighted by molar-refractivity contribution is -0.140. The number of amides is 1. The molecule has 5 nitrogen and oxygen atoms in total. The molecule has 1 aliphatic rings. The van der Waals surface area contributed by atoms with Crippen LogP contribution in [0.3, 0.4) is 0 Å². The molecule has 0 aromatic carbocycles. The van der Waals surface area contributed by atoms with Crippen LogP contribution in [0.4, 0.5) is 0 Å². The third kappa shape index (κ3) is 4.85. The highest BCUT2D eigenvalue weighted by Gasteiger charge is 2.17. The van der Waals surface area contributed by atoms with E-state index in [2.05, 4.69) is 5.32 Å². The van der Waals surface area contributed by atoms with Gasteiger partial charge in [0.2, 0.25) is 5.91 Å². The Morgan fingerprint density at radius 3 is 2.94 bits per heavy atom. The van der Waals surface area contributed by atoms with Gasteiger partial charge in [0.05, 0.1) is 11.9 Å². The molecular formula is C10H17NO4S. The van der Waals surface area contributed by atoms with Crippen molar-refractivity contribution >= 4 is 23.6 Å². The quantitative estimate of drug-likeness (QED) is 0.714. The topological polar surface area (TPSA) is 75.6 Å². The number of hydrogen-bond acceptors (Lipinski definition) is 4. The van der Waals surface area contributed by atoms with E-state index >= 15 is 0 Å². The van der Waals surface area contributed by atoms with Crippen LogP contribution in [0.5, 0.6) is 0 Å². The van der Waals surface area contributed by atoms with E-state index in [-0.39, 0.29) is 17.8 Å². The van der Waals surface area contributed by atoms with Gasteiger partial charge in [-0.1, -0.05) is 0 Å². The Labute approximate surface area is 98.9 Å². The van der Waals surface area contributed by atoms with Crippen LogP contribution >= 0.6 is 11.8 Å². The second-order valence-corrected chi connectivity index (χ2v) is 4.81. The predicted octanol–water partition coefficient (Wildman–Crippen LogP) is 0.488. The van der Waals surface area contributed by atoms with E-state index in [9.17, 15) is 9.59 Å². The molecule has 6 heteroatoms. The highest BCUT2D eigenvalue weighted by Crippen LogP contribution is 2.16. The van der Waals surface area contributed by atoms with E-state index in [1.165, 1.54) is 18.7 Å². The molecule has 0 aromatic rings. The van der Waals surface area contributed by atoms with Gasteiger partial charge in [-0.25, -0.2) is 0 Å². The van der Waals surface area contributed by atoms with Crippen LogP contribution in [0, 0.1) is 0 Å². The molecule has 1 heterocycles. The number of carboxylic acids is 1. The lowest BCUT2D eigenvalue weighted by Gasteiger charge is -2.10. The number of nitrogens with one attached hydrogen (secondary N) is 1. The first-order valence-corrected chi connectivity index (χ1v) is 6.46. The maximum absolute atomic E-state index is 11.3. The zero-order valence-electron chi connectivity index (χ0n) is 9.27. The fraction of sp³-hybridized carbons (Fsp3) is 0.800. The number of carbonyl (C=O) groups excluding carboxylic acids is 1. The van der Waals surface area contributed by atoms with Crippen molar-refractivity contribution < 1.29 is 19.4 Å². The first-order valence-electron chi connectivity index (χ1n) is 5.31. The van der Waals surface area contributed by atoms with E-state index in [1.807, 2.05) is 0 Å². The molecule has 1 fully saturated rings. The van der Waals surface area contributed by atoms with Crippen molar-refractivity contribution in [2.45, 2.75) is 31.9 Å². The summed E-state index contributed by atoms with van der Waals surface area (Å²) < 4.78 is 5.41. The Bertz CT molecular complexity index is 253. The van der Waals surface area contributed by atoms with Crippen molar-refractivity contribution in [2.75, 3.05) is 18.1 Å². The van der Waals surface area contributed by atoms with E-state index < -0.39 is 12.0 Å². The maximum Gasteiger partial charge on any atom is 0.325 e. The first-order chi connectivity index (χ1) is 7.59. The fourth-order valence-electron chi connectivity index (χ4n) is 1.40. The van der Waals surface area contributed by atoms with Gasteiger partial charge >= 0.3 is 5.97 Å². The molecule has 0 bridgehead atoms. The molecule has 0 radical (unpaired) electrons. The summed E-state index contributed by atoms with van der Waals surface area (Å²) in [5.74, 6) is -0.165. The van der Waals surface area contributed by atoms with Gasteiger partial charge in [0.1, 0.15) is 6.04 Å². The van der Waals surface area contributed by atoms with Crippen LogP contribution in [0.25, 0.3) is 0 Å². The molecule has 1 rings (SSSR count). The van der Waals surface area contributed by atoms with Crippen LogP contribution in [-0.2, 0) is 14.3 Å². The third-order valence-corrected chi connectivity index (χ3v) is 3.38. The number of hydrogen-bond donors (Lipinski definition) is 2. The molecule has 2 atom stereocenters. The number of carbonyl (C=O) groups is 2. The average Bonchev–Trinajstić information content (AvgIpc) is 2.70. The van der Waals surface area contributed by atoms with Gasteiger partial charge in [-0.3, -0.25) is 9.59 Å². The van der Waals surface area contributed by atoms with E-state index in [0.717, 1.165) is 25.2 Å². The highest BCUT2D eigenvalue weighted by atomic mass is 32.2. The van der Waals surface area contributed by atoms with Crippen LogP contribution in [0.15, 0.2) is 0 Å². The molecular weight excluding hydrogens is 230 g/mol. The normalized spacial score (nSPS) is 21.7. The molecule has 0 aliphatic carbocycles. The van der Waals surface area contributed by atoms with Crippen molar-refractivity contribution in [1.29, 1.82) is 0 Å². The van der Waals surface area contributed by atoms with Gasteiger partial charge in [0, 0.05) is 12.4 Å². The minimum absolute atomic E-state index is 0.238. The number of aliphatic carboxylic acids is 1. The molecule has 1 aliphatic heterocycles. The van der Waals surface area contributed by atoms with Gasteiger partial charge in [-0.15, -0.1) is 11.8 Å². The Morgan fingerprint density at radius 1 is 1.62 bits per heavy atom. The molecule has 0 aromatic heterocycles. The van der Waals surface area contributed by atoms with Crippen molar-refractivity contribution in [3.63, 3.8) is 0 Å². The number of rotatable bonds is 6. The molecule has 1 saturated heterocycles. The minimum atomic E-state index is -1.02. The number of carboxylic acid groups (broad SMARTS) is 1. The maximum atomic E-state index is 11.3. The molecule has 92 valence electrons. The van der Waals surface area contributed by atoms with Gasteiger partial charge in [0.15, 0.2) is 0 Å². The van der Waals surface area contributed by atoms with Crippen molar-refractivity contribution in [3.8, 4) is 0 Å². The number of thioether (sulfide) groups is 1. The molecule has 0 spiro atoms. The number of ether oxygens (including phenoxy) is 1. The van der Waals surface area contributed by atoms with Crippen molar-refractivity contribution in [1.82, 2.24) is 5.32 Å². The molecule has 16 heavy (non-hydrogen) atoms. The second kappa shape index (κ2) is 6.75. The van der Waals surface area contributed by atoms with E-state index in [0.29, 0.717) is 0 Å². The lowest BCUT2D eigenvalue weighted by Crippen LogP contribution is -2.39. The first kappa shape index (κ1) is 13.3. The second-order valence-electron chi connectivity index (χ2n) is 3.78. The van der Waals surface area contributed by atoms with Crippen LogP contribution in [0.2, 0.25) is 0 Å². The average molecular weight is 247 g/mol. The summed E-state index contributed by atoms with van der Waals surface area (Å²) in [4.78, 5) is 21.8. The van der Waals surface area contributed by atoms with Crippen LogP contribution in [-0.4, -0.2) is 47.2 Å². The summed E-state index contributed by atoms with van der Waals surface area (Å²) in [6, 6.07) is -0.823. The van der Waals surface area contributed by atoms with Crippen molar-refractivity contribution in [2.24, 2.45) is 0 Å². The smallest absolute Gasteiger partial charge is 0.325 e. The van der Waals surface area contributed by atoms with Gasteiger partial charge in [0.25, 0.3) is 0 Å². The van der Waals surface area contributed by atoms with Gasteiger partial charge in [-0.05, 0) is 19.8 Å². The zero-order chi connectivity index (χ0) is 12.0. The summed E-state index contributed by atoms with van der Waals surface area (Å²) in [6.07, 6.45) is 2.41. The zero-order valence-corrected chi connectivity index (χ0v) is 10.1. The Kier molecular flexibility index (Phi) is 5.62. The summed E-state index contributed by atoms with van der Waals surface area (Å²) in [6.45, 7) is 2.26. The minimum Gasteiger partial charge on any atom is -0.480 e. The Balaban J connectivity index is 2.07. The molecule has 0 saturated carbocycles. The van der Waals surface area contributed by atoms with Crippen LogP contribution in [0.1, 0.15) is 19.8 Å². The summed E-state index contributed by atoms with van der Waals surface area (Å²) in [5.41, 5.74) is 0. The Hall–Kier alpha value is -0.750. The van der Waals surface area contributed by atoms with E-state index in [4.69, 9.17) is 9.84 Å². The largest absolute Gasteiger partial charge is 0.480 e. The molecule has 1 unspecified atom stereocenters. The fourth-order valence-corrected chi connectivity index (χ4v) is 2.32. The van der Waals surface area contributed by atoms with Gasteiger partial charge < -0.3 is 15.2 Å². The predicted molar refractivity (Wildman–Crippen MR) is 61.5 cm³/mol. The van der Waals surface area contributed by atoms with Crippen LogP contribution < -0.4 is 5.32 Å². The summed E-state index contributed by atoms with van der Waals surface area (Å²) >= 11 is 1.48.